The van der Waals surface area contributed by atoms with Gasteiger partial charge >= 0.3 is 0 Å². The summed E-state index contributed by atoms with van der Waals surface area (Å²) in [6, 6.07) is 0. The summed E-state index contributed by atoms with van der Waals surface area (Å²) < 4.78 is 0. The van der Waals surface area contributed by atoms with Crippen LogP contribution in [0, 0.1) is 5.92 Å². The van der Waals surface area contributed by atoms with Crippen molar-refractivity contribution in [2.24, 2.45) is 10.9 Å². The lowest BCUT2D eigenvalue weighted by molar-refractivity contribution is 0.436. The van der Waals surface area contributed by atoms with Gasteiger partial charge in [0.25, 0.3) is 0 Å². The molecular formula is C10H20N4. The van der Waals surface area contributed by atoms with Gasteiger partial charge in [0.05, 0.1) is 0 Å². The zero-order valence-electron chi connectivity index (χ0n) is 8.92. The molecule has 0 aromatic carbocycles. The van der Waals surface area contributed by atoms with E-state index in [4.69, 9.17) is 0 Å². The molecule has 0 amide bonds. The highest BCUT2D eigenvalue weighted by Gasteiger charge is 2.16. The molecule has 14 heavy (non-hydrogen) atoms. The van der Waals surface area contributed by atoms with Gasteiger partial charge in [-0.1, -0.05) is 0 Å². The van der Waals surface area contributed by atoms with Gasteiger partial charge in [0.2, 0.25) is 0 Å². The van der Waals surface area contributed by atoms with Crippen molar-refractivity contribution in [2.75, 3.05) is 39.8 Å². The van der Waals surface area contributed by atoms with E-state index in [1.165, 1.54) is 19.4 Å². The average molecular weight is 196 g/mol. The Hall–Kier alpha value is -0.770. The van der Waals surface area contributed by atoms with Crippen molar-refractivity contribution < 1.29 is 0 Å². The highest BCUT2D eigenvalue weighted by atomic mass is 15.3. The van der Waals surface area contributed by atoms with E-state index in [0.29, 0.717) is 0 Å². The molecule has 0 aromatic rings. The third kappa shape index (κ3) is 2.38. The molecule has 2 aliphatic heterocycles. The second kappa shape index (κ2) is 4.64. The largest absolute Gasteiger partial charge is 0.356 e. The van der Waals surface area contributed by atoms with Crippen LogP contribution in [0.3, 0.4) is 0 Å². The van der Waals surface area contributed by atoms with Crippen LogP contribution in [0.15, 0.2) is 4.99 Å². The van der Waals surface area contributed by atoms with Gasteiger partial charge in [-0.15, -0.1) is 0 Å². The fourth-order valence-corrected chi connectivity index (χ4v) is 2.03. The molecule has 1 atom stereocenters. The molecule has 0 bridgehead atoms. The Bertz CT molecular complexity index is 208. The van der Waals surface area contributed by atoms with Crippen LogP contribution in [0.2, 0.25) is 0 Å². The standard InChI is InChI=1S/C10H20N4/c1-14-6-2-4-12-10(14)13-8-9-3-5-11-7-9/h9,11H,2-8H2,1H3,(H,12,13). The lowest BCUT2D eigenvalue weighted by atomic mass is 10.1. The molecule has 1 saturated heterocycles. The molecule has 4 heteroatoms. The molecule has 0 saturated carbocycles. The first kappa shape index (κ1) is 9.77. The number of rotatable bonds is 2. The molecule has 0 aromatic heterocycles. The lowest BCUT2D eigenvalue weighted by Gasteiger charge is -2.26. The second-order valence-electron chi connectivity index (χ2n) is 4.22. The maximum absolute atomic E-state index is 4.48. The molecule has 0 aliphatic carbocycles. The van der Waals surface area contributed by atoms with Crippen LogP contribution in [0.4, 0.5) is 0 Å². The number of nitrogens with one attached hydrogen (secondary N) is 2. The number of hydrogen-bond acceptors (Lipinski definition) is 4. The predicted molar refractivity (Wildman–Crippen MR) is 58.5 cm³/mol. The summed E-state index contributed by atoms with van der Waals surface area (Å²) in [7, 11) is 2.11. The molecule has 0 radical (unpaired) electrons. The van der Waals surface area contributed by atoms with Crippen LogP contribution < -0.4 is 10.6 Å². The second-order valence-corrected chi connectivity index (χ2v) is 4.22. The molecule has 2 N–H and O–H groups in total. The molecule has 2 rings (SSSR count). The Balaban J connectivity index is 1.75. The molecule has 80 valence electrons. The van der Waals surface area contributed by atoms with Crippen molar-refractivity contribution in [3.63, 3.8) is 0 Å². The van der Waals surface area contributed by atoms with Crippen molar-refractivity contribution >= 4 is 5.96 Å². The third-order valence-corrected chi connectivity index (χ3v) is 2.99. The molecule has 1 unspecified atom stereocenters. The molecule has 2 heterocycles. The monoisotopic (exact) mass is 196 g/mol. The van der Waals surface area contributed by atoms with Crippen LogP contribution in [-0.2, 0) is 0 Å². The van der Waals surface area contributed by atoms with Crippen molar-refractivity contribution in [2.45, 2.75) is 12.8 Å². The van der Waals surface area contributed by atoms with Crippen LogP contribution in [0.5, 0.6) is 0 Å². The number of aliphatic imine (C=N–C) groups is 1. The Labute approximate surface area is 85.8 Å². The van der Waals surface area contributed by atoms with E-state index in [1.807, 2.05) is 0 Å². The van der Waals surface area contributed by atoms with Gasteiger partial charge in [0, 0.05) is 26.7 Å². The highest BCUT2D eigenvalue weighted by Crippen LogP contribution is 2.06. The molecule has 4 nitrogen and oxygen atoms in total. The minimum Gasteiger partial charge on any atom is -0.356 e. The van der Waals surface area contributed by atoms with E-state index in [9.17, 15) is 0 Å². The van der Waals surface area contributed by atoms with E-state index < -0.39 is 0 Å². The Morgan fingerprint density at radius 3 is 3.29 bits per heavy atom. The first-order valence-electron chi connectivity index (χ1n) is 5.56. The summed E-state index contributed by atoms with van der Waals surface area (Å²) in [5, 5.41) is 6.83. The minimum absolute atomic E-state index is 0.785. The highest BCUT2D eigenvalue weighted by molar-refractivity contribution is 5.80. The number of nitrogens with zero attached hydrogens (tertiary/aromatic N) is 2. The van der Waals surface area contributed by atoms with Crippen LogP contribution in [-0.4, -0.2) is 50.6 Å². The normalized spacial score (nSPS) is 27.6. The number of guanidine groups is 1. The summed E-state index contributed by atoms with van der Waals surface area (Å²) in [5.41, 5.74) is 0. The number of hydrogen-bond donors (Lipinski definition) is 2. The SMILES string of the molecule is CN1CCCN=C1NCC1CCNC1. The van der Waals surface area contributed by atoms with Crippen LogP contribution >= 0.6 is 0 Å². The fourth-order valence-electron chi connectivity index (χ4n) is 2.03. The van der Waals surface area contributed by atoms with Crippen molar-refractivity contribution in [3.05, 3.63) is 0 Å². The van der Waals surface area contributed by atoms with Gasteiger partial charge in [-0.25, -0.2) is 0 Å². The Morgan fingerprint density at radius 1 is 1.64 bits per heavy atom. The smallest absolute Gasteiger partial charge is 0.193 e. The quantitative estimate of drug-likeness (QED) is 0.646. The van der Waals surface area contributed by atoms with Gasteiger partial charge in [-0.3, -0.25) is 4.99 Å². The Kier molecular flexibility index (Phi) is 3.24. The molecule has 0 spiro atoms. The van der Waals surface area contributed by atoms with Crippen molar-refractivity contribution in [1.29, 1.82) is 0 Å². The maximum atomic E-state index is 4.48. The van der Waals surface area contributed by atoms with Crippen molar-refractivity contribution in [3.8, 4) is 0 Å². The van der Waals surface area contributed by atoms with Gasteiger partial charge in [0.15, 0.2) is 5.96 Å². The van der Waals surface area contributed by atoms with E-state index in [-0.39, 0.29) is 0 Å². The van der Waals surface area contributed by atoms with Crippen LogP contribution in [0.25, 0.3) is 0 Å². The van der Waals surface area contributed by atoms with E-state index in [2.05, 4.69) is 27.6 Å². The third-order valence-electron chi connectivity index (χ3n) is 2.99. The Morgan fingerprint density at radius 2 is 2.57 bits per heavy atom. The first-order valence-corrected chi connectivity index (χ1v) is 5.56. The maximum Gasteiger partial charge on any atom is 0.193 e. The van der Waals surface area contributed by atoms with Gasteiger partial charge < -0.3 is 15.5 Å². The van der Waals surface area contributed by atoms with Gasteiger partial charge in [0.1, 0.15) is 0 Å². The fraction of sp³-hybridized carbons (Fsp3) is 0.900. The zero-order chi connectivity index (χ0) is 9.80. The zero-order valence-corrected chi connectivity index (χ0v) is 8.92. The van der Waals surface area contributed by atoms with Gasteiger partial charge in [-0.05, 0) is 31.8 Å². The predicted octanol–water partition coefficient (Wildman–Crippen LogP) is -0.123. The molecular weight excluding hydrogens is 176 g/mol. The summed E-state index contributed by atoms with van der Waals surface area (Å²) in [5.74, 6) is 1.87. The minimum atomic E-state index is 0.785. The van der Waals surface area contributed by atoms with E-state index in [1.54, 1.807) is 0 Å². The summed E-state index contributed by atoms with van der Waals surface area (Å²) in [6.07, 6.45) is 2.48. The average Bonchev–Trinajstić information content (AvgIpc) is 2.69. The van der Waals surface area contributed by atoms with Crippen LogP contribution in [0.1, 0.15) is 12.8 Å². The van der Waals surface area contributed by atoms with E-state index >= 15 is 0 Å². The molecule has 1 fully saturated rings. The topological polar surface area (TPSA) is 39.7 Å². The lowest BCUT2D eigenvalue weighted by Crippen LogP contribution is -2.44. The molecule has 2 aliphatic rings. The first-order chi connectivity index (χ1) is 6.86. The summed E-state index contributed by atoms with van der Waals surface area (Å²) in [4.78, 5) is 6.70. The summed E-state index contributed by atoms with van der Waals surface area (Å²) >= 11 is 0. The van der Waals surface area contributed by atoms with E-state index in [0.717, 1.165) is 38.1 Å². The van der Waals surface area contributed by atoms with Crippen molar-refractivity contribution in [1.82, 2.24) is 15.5 Å². The summed E-state index contributed by atoms with van der Waals surface area (Å²) in [6.45, 7) is 5.51. The van der Waals surface area contributed by atoms with Gasteiger partial charge in [-0.2, -0.15) is 0 Å².